The lowest BCUT2D eigenvalue weighted by atomic mass is 9.71. The Morgan fingerprint density at radius 3 is 2.38 bits per heavy atom. The van der Waals surface area contributed by atoms with E-state index in [1.807, 2.05) is 20.8 Å². The molecule has 2 rings (SSSR count). The molecule has 0 aliphatic heterocycles. The monoisotopic (exact) mass is 350 g/mol. The summed E-state index contributed by atoms with van der Waals surface area (Å²) in [7, 11) is -1.70. The van der Waals surface area contributed by atoms with Gasteiger partial charge in [0.25, 0.3) is 0 Å². The van der Waals surface area contributed by atoms with Gasteiger partial charge in [0.05, 0.1) is 6.61 Å². The Kier molecular flexibility index (Phi) is 5.23. The summed E-state index contributed by atoms with van der Waals surface area (Å²) in [6.45, 7) is 17.9. The van der Waals surface area contributed by atoms with Crippen molar-refractivity contribution < 1.29 is 14.0 Å². The smallest absolute Gasteiger partial charge is 0.331 e. The van der Waals surface area contributed by atoms with Crippen molar-refractivity contribution in [2.75, 3.05) is 6.61 Å². The van der Waals surface area contributed by atoms with Crippen LogP contribution >= 0.6 is 0 Å². The molecular formula is C20H34O3Si. The maximum absolute atomic E-state index is 12.0. The van der Waals surface area contributed by atoms with Crippen molar-refractivity contribution in [3.63, 3.8) is 0 Å². The lowest BCUT2D eigenvalue weighted by Gasteiger charge is -2.36. The molecule has 0 N–H and O–H groups in total. The number of ether oxygens (including phenoxy) is 1. The van der Waals surface area contributed by atoms with Crippen molar-refractivity contribution in [1.82, 2.24) is 0 Å². The van der Waals surface area contributed by atoms with Crippen LogP contribution in [0, 0.1) is 11.8 Å². The minimum Gasteiger partial charge on any atom is -0.457 e. The highest BCUT2D eigenvalue weighted by atomic mass is 28.4. The van der Waals surface area contributed by atoms with Gasteiger partial charge in [0.15, 0.2) is 8.32 Å². The van der Waals surface area contributed by atoms with E-state index in [2.05, 4.69) is 39.9 Å². The molecule has 2 aliphatic carbocycles. The molecule has 24 heavy (non-hydrogen) atoms. The van der Waals surface area contributed by atoms with E-state index in [-0.39, 0.29) is 11.0 Å². The van der Waals surface area contributed by atoms with E-state index in [1.165, 1.54) is 11.1 Å². The molecule has 0 saturated heterocycles. The lowest BCUT2D eigenvalue weighted by Crippen LogP contribution is -2.41. The topological polar surface area (TPSA) is 35.5 Å². The fourth-order valence-corrected chi connectivity index (χ4v) is 4.02. The maximum Gasteiger partial charge on any atom is 0.331 e. The predicted molar refractivity (Wildman–Crippen MR) is 101 cm³/mol. The summed E-state index contributed by atoms with van der Waals surface area (Å²) >= 11 is 0. The Balaban J connectivity index is 1.93. The average molecular weight is 351 g/mol. The van der Waals surface area contributed by atoms with E-state index in [4.69, 9.17) is 9.16 Å². The summed E-state index contributed by atoms with van der Waals surface area (Å²) in [6.07, 6.45) is 6.17. The fraction of sp³-hybridized carbons (Fsp3) is 0.750. The normalized spacial score (nSPS) is 26.0. The molecule has 0 aromatic rings. The molecule has 0 unspecified atom stereocenters. The first-order valence-corrected chi connectivity index (χ1v) is 12.0. The highest BCUT2D eigenvalue weighted by molar-refractivity contribution is 6.74. The van der Waals surface area contributed by atoms with Crippen LogP contribution in [0.2, 0.25) is 18.1 Å². The van der Waals surface area contributed by atoms with Crippen LogP contribution in [0.5, 0.6) is 0 Å². The first kappa shape index (κ1) is 19.5. The highest BCUT2D eigenvalue weighted by Gasteiger charge is 2.41. The van der Waals surface area contributed by atoms with Crippen LogP contribution in [0.1, 0.15) is 54.4 Å². The van der Waals surface area contributed by atoms with Crippen LogP contribution in [-0.4, -0.2) is 26.5 Å². The molecule has 0 bridgehead atoms. The first-order chi connectivity index (χ1) is 10.8. The molecular weight excluding hydrogens is 316 g/mol. The number of esters is 1. The standard InChI is InChI=1S/C20H34O3Si/c1-19(2,3)23-18(21)12-16-11-15-9-14(10-17(15)16)13-22-24(7,8)20(4,5)6/h10,12,15,17H,9,11,13H2,1-8H3/t15-,17-/m0/s1. The molecule has 4 heteroatoms. The van der Waals surface area contributed by atoms with Crippen molar-refractivity contribution in [2.45, 2.75) is 78.1 Å². The van der Waals surface area contributed by atoms with Crippen molar-refractivity contribution in [3.8, 4) is 0 Å². The largest absolute Gasteiger partial charge is 0.457 e. The molecule has 136 valence electrons. The van der Waals surface area contributed by atoms with Crippen LogP contribution in [0.15, 0.2) is 23.3 Å². The number of rotatable bonds is 4. The van der Waals surface area contributed by atoms with Crippen molar-refractivity contribution in [1.29, 1.82) is 0 Å². The van der Waals surface area contributed by atoms with E-state index < -0.39 is 13.9 Å². The quantitative estimate of drug-likeness (QED) is 0.301. The second-order valence-electron chi connectivity index (χ2n) is 9.82. The molecule has 0 heterocycles. The number of hydrogen-bond donors (Lipinski definition) is 0. The number of hydrogen-bond acceptors (Lipinski definition) is 3. The molecule has 3 nitrogen and oxygen atoms in total. The third-order valence-electron chi connectivity index (χ3n) is 5.51. The van der Waals surface area contributed by atoms with Crippen molar-refractivity contribution >= 4 is 14.3 Å². The van der Waals surface area contributed by atoms with Gasteiger partial charge in [0.2, 0.25) is 0 Å². The summed E-state index contributed by atoms with van der Waals surface area (Å²) in [6, 6.07) is 0. The molecule has 0 spiro atoms. The van der Waals surface area contributed by atoms with Gasteiger partial charge in [-0.2, -0.15) is 0 Å². The average Bonchev–Trinajstić information content (AvgIpc) is 2.67. The Hall–Kier alpha value is -0.873. The molecule has 0 aromatic carbocycles. The predicted octanol–water partition coefficient (Wildman–Crippen LogP) is 5.24. The summed E-state index contributed by atoms with van der Waals surface area (Å²) in [5.74, 6) is 0.877. The van der Waals surface area contributed by atoms with E-state index in [1.54, 1.807) is 6.08 Å². The number of carbonyl (C=O) groups excluding carboxylic acids is 1. The third kappa shape index (κ3) is 4.60. The molecule has 2 aliphatic rings. The third-order valence-corrected chi connectivity index (χ3v) is 9.99. The zero-order valence-electron chi connectivity index (χ0n) is 16.7. The highest BCUT2D eigenvalue weighted by Crippen LogP contribution is 2.50. The van der Waals surface area contributed by atoms with E-state index in [0.717, 1.165) is 19.4 Å². The van der Waals surface area contributed by atoms with Gasteiger partial charge in [0.1, 0.15) is 5.60 Å². The summed E-state index contributed by atoms with van der Waals surface area (Å²) in [5.41, 5.74) is 2.20. The Bertz CT molecular complexity index is 558. The fourth-order valence-electron chi connectivity index (χ4n) is 3.04. The van der Waals surface area contributed by atoms with Gasteiger partial charge < -0.3 is 9.16 Å². The molecule has 1 fully saturated rings. The molecule has 1 saturated carbocycles. The van der Waals surface area contributed by atoms with Gasteiger partial charge in [-0.3, -0.25) is 0 Å². The minimum atomic E-state index is -1.70. The van der Waals surface area contributed by atoms with Crippen molar-refractivity contribution in [3.05, 3.63) is 23.3 Å². The van der Waals surface area contributed by atoms with Crippen LogP contribution in [0.4, 0.5) is 0 Å². The second kappa shape index (κ2) is 6.45. The number of allylic oxidation sites excluding steroid dienone is 2. The van der Waals surface area contributed by atoms with Gasteiger partial charge in [0, 0.05) is 12.0 Å². The minimum absolute atomic E-state index is 0.213. The molecule has 0 radical (unpaired) electrons. The van der Waals surface area contributed by atoms with Gasteiger partial charge in [-0.1, -0.05) is 32.4 Å². The van der Waals surface area contributed by atoms with Gasteiger partial charge in [-0.25, -0.2) is 4.79 Å². The summed E-state index contributed by atoms with van der Waals surface area (Å²) in [4.78, 5) is 12.0. The van der Waals surface area contributed by atoms with Crippen LogP contribution < -0.4 is 0 Å². The summed E-state index contributed by atoms with van der Waals surface area (Å²) < 4.78 is 11.7. The second-order valence-corrected chi connectivity index (χ2v) is 14.6. The van der Waals surface area contributed by atoms with Crippen LogP contribution in [-0.2, 0) is 14.0 Å². The van der Waals surface area contributed by atoms with E-state index in [0.29, 0.717) is 11.8 Å². The van der Waals surface area contributed by atoms with Crippen molar-refractivity contribution in [2.24, 2.45) is 11.8 Å². The Morgan fingerprint density at radius 1 is 1.21 bits per heavy atom. The molecule has 0 amide bonds. The maximum atomic E-state index is 12.0. The SMILES string of the molecule is CC(C)(C)OC(=O)C=C1C[C@@H]2CC(CO[Si](C)(C)C(C)(C)C)=C[C@H]12. The molecule has 0 aromatic heterocycles. The summed E-state index contributed by atoms with van der Waals surface area (Å²) in [5, 5.41) is 0.243. The van der Waals surface area contributed by atoms with Gasteiger partial charge in [-0.05, 0) is 63.2 Å². The van der Waals surface area contributed by atoms with E-state index in [9.17, 15) is 4.79 Å². The lowest BCUT2D eigenvalue weighted by molar-refractivity contribution is -0.148. The zero-order chi connectivity index (χ0) is 18.3. The molecule has 2 atom stereocenters. The van der Waals surface area contributed by atoms with Gasteiger partial charge >= 0.3 is 5.97 Å². The van der Waals surface area contributed by atoms with Gasteiger partial charge in [-0.15, -0.1) is 0 Å². The Morgan fingerprint density at radius 2 is 1.83 bits per heavy atom. The Labute approximate surface area is 148 Å². The zero-order valence-corrected chi connectivity index (χ0v) is 17.7. The first-order valence-electron chi connectivity index (χ1n) is 9.05. The number of carbonyl (C=O) groups is 1. The van der Waals surface area contributed by atoms with Crippen LogP contribution in [0.3, 0.4) is 0 Å². The van der Waals surface area contributed by atoms with E-state index >= 15 is 0 Å². The number of fused-ring (bicyclic) bond motifs is 1. The van der Waals surface area contributed by atoms with Crippen LogP contribution in [0.25, 0.3) is 0 Å².